The third kappa shape index (κ3) is 5.27. The molecule has 1 aromatic rings. The molecule has 1 aromatic heterocycles. The van der Waals surface area contributed by atoms with Gasteiger partial charge in [-0.15, -0.1) is 11.3 Å². The number of carbonyl (C=O) groups is 2. The van der Waals surface area contributed by atoms with Gasteiger partial charge in [0, 0.05) is 43.0 Å². The first kappa shape index (κ1) is 18.4. The van der Waals surface area contributed by atoms with E-state index in [-0.39, 0.29) is 17.7 Å². The molecule has 6 heteroatoms. The molecule has 5 nitrogen and oxygen atoms in total. The highest BCUT2D eigenvalue weighted by Gasteiger charge is 2.29. The molecular formula is C19H29N3O2S. The number of hydrogen-bond acceptors (Lipinski definition) is 4. The molecule has 1 unspecified atom stereocenters. The van der Waals surface area contributed by atoms with Gasteiger partial charge in [0.05, 0.1) is 10.9 Å². The molecule has 2 heterocycles. The lowest BCUT2D eigenvalue weighted by molar-refractivity contribution is -0.136. The summed E-state index contributed by atoms with van der Waals surface area (Å²) in [6, 6.07) is 0.348. The number of rotatable bonds is 5. The monoisotopic (exact) mass is 363 g/mol. The summed E-state index contributed by atoms with van der Waals surface area (Å²) in [5.41, 5.74) is 1.02. The predicted octanol–water partition coefficient (Wildman–Crippen LogP) is 3.07. The largest absolute Gasteiger partial charge is 0.353 e. The fourth-order valence-electron chi connectivity index (χ4n) is 3.87. The molecule has 1 saturated carbocycles. The van der Waals surface area contributed by atoms with Gasteiger partial charge in [0.1, 0.15) is 0 Å². The molecule has 0 bridgehead atoms. The van der Waals surface area contributed by atoms with E-state index < -0.39 is 0 Å². The third-order valence-corrected chi connectivity index (χ3v) is 6.34. The van der Waals surface area contributed by atoms with Crippen LogP contribution in [0, 0.1) is 12.8 Å². The van der Waals surface area contributed by atoms with Crippen LogP contribution in [-0.4, -0.2) is 40.8 Å². The maximum atomic E-state index is 12.6. The predicted molar refractivity (Wildman–Crippen MR) is 99.5 cm³/mol. The normalized spacial score (nSPS) is 22.0. The van der Waals surface area contributed by atoms with E-state index in [1.54, 1.807) is 11.3 Å². The van der Waals surface area contributed by atoms with Gasteiger partial charge in [-0.05, 0) is 32.6 Å². The summed E-state index contributed by atoms with van der Waals surface area (Å²) >= 11 is 1.62. The first-order valence-electron chi connectivity index (χ1n) is 9.61. The van der Waals surface area contributed by atoms with Crippen molar-refractivity contribution in [2.75, 3.05) is 13.1 Å². The Balaban J connectivity index is 1.46. The van der Waals surface area contributed by atoms with Crippen molar-refractivity contribution in [1.82, 2.24) is 15.2 Å². The Hall–Kier alpha value is -1.43. The highest BCUT2D eigenvalue weighted by Crippen LogP contribution is 2.21. The minimum absolute atomic E-state index is 0.0401. The van der Waals surface area contributed by atoms with E-state index in [4.69, 9.17) is 0 Å². The summed E-state index contributed by atoms with van der Waals surface area (Å²) in [7, 11) is 0. The van der Waals surface area contributed by atoms with Crippen molar-refractivity contribution in [3.63, 3.8) is 0 Å². The molecule has 2 amide bonds. The van der Waals surface area contributed by atoms with Crippen molar-refractivity contribution in [2.45, 2.75) is 70.8 Å². The Labute approximate surface area is 154 Å². The highest BCUT2D eigenvalue weighted by atomic mass is 32.1. The van der Waals surface area contributed by atoms with Crippen molar-refractivity contribution < 1.29 is 9.59 Å². The standard InChI is InChI=1S/C19H29N3O2S/c1-14-13-25-17(20-14)9-10-18(23)22-11-5-6-15(12-22)19(24)21-16-7-3-2-4-8-16/h13,15-16H,2-12H2,1H3,(H,21,24). The maximum Gasteiger partial charge on any atom is 0.225 e. The second-order valence-corrected chi connectivity index (χ2v) is 8.35. The summed E-state index contributed by atoms with van der Waals surface area (Å²) in [5.74, 6) is 0.268. The lowest BCUT2D eigenvalue weighted by Gasteiger charge is -2.33. The minimum Gasteiger partial charge on any atom is -0.353 e. The van der Waals surface area contributed by atoms with Gasteiger partial charge in [-0.3, -0.25) is 9.59 Å². The van der Waals surface area contributed by atoms with Crippen molar-refractivity contribution in [3.8, 4) is 0 Å². The molecule has 2 aliphatic rings. The molecule has 2 fully saturated rings. The SMILES string of the molecule is Cc1csc(CCC(=O)N2CCCC(C(=O)NC3CCCCC3)C2)n1. The summed E-state index contributed by atoms with van der Waals surface area (Å²) < 4.78 is 0. The minimum atomic E-state index is -0.0401. The number of carbonyl (C=O) groups excluding carboxylic acids is 2. The Morgan fingerprint density at radius 2 is 2.04 bits per heavy atom. The van der Waals surface area contributed by atoms with Gasteiger partial charge in [0.2, 0.25) is 11.8 Å². The van der Waals surface area contributed by atoms with Crippen molar-refractivity contribution >= 4 is 23.2 Å². The second kappa shape index (κ2) is 8.79. The van der Waals surface area contributed by atoms with Crippen molar-refractivity contribution in [1.29, 1.82) is 0 Å². The number of aromatic nitrogens is 1. The molecule has 1 atom stereocenters. The molecule has 1 aliphatic heterocycles. The van der Waals surface area contributed by atoms with E-state index in [0.717, 1.165) is 42.9 Å². The number of thiazole rings is 1. The Morgan fingerprint density at radius 1 is 1.24 bits per heavy atom. The van der Waals surface area contributed by atoms with E-state index in [2.05, 4.69) is 10.3 Å². The van der Waals surface area contributed by atoms with Crippen LogP contribution in [0.3, 0.4) is 0 Å². The quantitative estimate of drug-likeness (QED) is 0.874. The Kier molecular flexibility index (Phi) is 6.45. The van der Waals surface area contributed by atoms with Crippen LogP contribution in [0.1, 0.15) is 62.1 Å². The van der Waals surface area contributed by atoms with Crippen molar-refractivity contribution in [2.24, 2.45) is 5.92 Å². The lowest BCUT2D eigenvalue weighted by atomic mass is 9.93. The van der Waals surface area contributed by atoms with E-state index in [9.17, 15) is 9.59 Å². The van der Waals surface area contributed by atoms with E-state index in [1.807, 2.05) is 17.2 Å². The zero-order valence-corrected chi connectivity index (χ0v) is 15.9. The molecule has 25 heavy (non-hydrogen) atoms. The topological polar surface area (TPSA) is 62.3 Å². The molecule has 138 valence electrons. The van der Waals surface area contributed by atoms with Crippen LogP contribution in [0.25, 0.3) is 0 Å². The molecular weight excluding hydrogens is 334 g/mol. The van der Waals surface area contributed by atoms with Crippen molar-refractivity contribution in [3.05, 3.63) is 16.1 Å². The van der Waals surface area contributed by atoms with Crippen LogP contribution in [0.5, 0.6) is 0 Å². The van der Waals surface area contributed by atoms with Gasteiger partial charge in [-0.25, -0.2) is 4.98 Å². The number of nitrogens with one attached hydrogen (secondary N) is 1. The fourth-order valence-corrected chi connectivity index (χ4v) is 4.65. The lowest BCUT2D eigenvalue weighted by Crippen LogP contribution is -2.48. The number of amides is 2. The van der Waals surface area contributed by atoms with Gasteiger partial charge < -0.3 is 10.2 Å². The first-order chi connectivity index (χ1) is 12.1. The first-order valence-corrected chi connectivity index (χ1v) is 10.5. The van der Waals surface area contributed by atoms with Crippen LogP contribution < -0.4 is 5.32 Å². The Morgan fingerprint density at radius 3 is 2.76 bits per heavy atom. The number of piperidine rings is 1. The van der Waals surface area contributed by atoms with E-state index >= 15 is 0 Å². The number of likely N-dealkylation sites (tertiary alicyclic amines) is 1. The average Bonchev–Trinajstić information content (AvgIpc) is 3.06. The van der Waals surface area contributed by atoms with Gasteiger partial charge >= 0.3 is 0 Å². The summed E-state index contributed by atoms with van der Waals surface area (Å²) in [4.78, 5) is 31.4. The molecule has 3 rings (SSSR count). The summed E-state index contributed by atoms with van der Waals surface area (Å²) in [5, 5.41) is 6.27. The number of nitrogens with zero attached hydrogens (tertiary/aromatic N) is 2. The van der Waals surface area contributed by atoms with E-state index in [0.29, 0.717) is 25.4 Å². The van der Waals surface area contributed by atoms with Gasteiger partial charge in [0.25, 0.3) is 0 Å². The highest BCUT2D eigenvalue weighted by molar-refractivity contribution is 7.09. The van der Waals surface area contributed by atoms with Crippen LogP contribution in [0.15, 0.2) is 5.38 Å². The second-order valence-electron chi connectivity index (χ2n) is 7.41. The maximum absolute atomic E-state index is 12.6. The van der Waals surface area contributed by atoms with Crippen LogP contribution in [0.4, 0.5) is 0 Å². The van der Waals surface area contributed by atoms with Crippen LogP contribution in [-0.2, 0) is 16.0 Å². The summed E-state index contributed by atoms with van der Waals surface area (Å²) in [6.45, 7) is 3.33. The average molecular weight is 364 g/mol. The van der Waals surface area contributed by atoms with Crippen LogP contribution >= 0.6 is 11.3 Å². The van der Waals surface area contributed by atoms with Gasteiger partial charge in [-0.2, -0.15) is 0 Å². The third-order valence-electron chi connectivity index (χ3n) is 5.32. The molecule has 1 aliphatic carbocycles. The smallest absolute Gasteiger partial charge is 0.225 e. The number of aryl methyl sites for hydroxylation is 2. The van der Waals surface area contributed by atoms with Crippen LogP contribution in [0.2, 0.25) is 0 Å². The molecule has 1 N–H and O–H groups in total. The molecule has 0 spiro atoms. The van der Waals surface area contributed by atoms with Gasteiger partial charge in [0.15, 0.2) is 0 Å². The Bertz CT molecular complexity index is 595. The van der Waals surface area contributed by atoms with E-state index in [1.165, 1.54) is 19.3 Å². The molecule has 0 aromatic carbocycles. The molecule has 1 saturated heterocycles. The number of hydrogen-bond donors (Lipinski definition) is 1. The summed E-state index contributed by atoms with van der Waals surface area (Å²) in [6.07, 6.45) is 8.95. The fraction of sp³-hybridized carbons (Fsp3) is 0.737. The zero-order chi connectivity index (χ0) is 17.6. The molecule has 0 radical (unpaired) electrons. The zero-order valence-electron chi connectivity index (χ0n) is 15.1. The van der Waals surface area contributed by atoms with Gasteiger partial charge in [-0.1, -0.05) is 19.3 Å².